The van der Waals surface area contributed by atoms with Crippen LogP contribution in [0.1, 0.15) is 47.1 Å². The van der Waals surface area contributed by atoms with Gasteiger partial charge < -0.3 is 20.5 Å². The van der Waals surface area contributed by atoms with E-state index in [1.807, 2.05) is 51.1 Å². The molecule has 1 aromatic rings. The van der Waals surface area contributed by atoms with E-state index in [1.165, 1.54) is 0 Å². The number of amides is 2. The predicted molar refractivity (Wildman–Crippen MR) is 97.2 cm³/mol. The lowest BCUT2D eigenvalue weighted by Gasteiger charge is -2.28. The molecule has 0 saturated heterocycles. The summed E-state index contributed by atoms with van der Waals surface area (Å²) in [7, 11) is 0. The number of carbonyl (C=O) groups is 2. The van der Waals surface area contributed by atoms with Crippen LogP contribution in [0.25, 0.3) is 0 Å². The molecule has 0 aromatic heterocycles. The number of carbonyl (C=O) groups excluding carboxylic acids is 2. The monoisotopic (exact) mass is 350 g/mol. The Labute approximate surface area is 150 Å². The lowest BCUT2D eigenvalue weighted by Crippen LogP contribution is -2.55. The fourth-order valence-electron chi connectivity index (χ4n) is 2.19. The summed E-state index contributed by atoms with van der Waals surface area (Å²) in [5.41, 5.74) is -0.257. The number of rotatable bonds is 5. The normalized spacial score (nSPS) is 14.4. The minimum Gasteiger partial charge on any atom is -0.444 e. The van der Waals surface area contributed by atoms with Gasteiger partial charge in [0.1, 0.15) is 5.60 Å². The fourth-order valence-corrected chi connectivity index (χ4v) is 2.19. The number of ether oxygens (including phenoxy) is 1. The van der Waals surface area contributed by atoms with Crippen molar-refractivity contribution in [2.24, 2.45) is 0 Å². The van der Waals surface area contributed by atoms with E-state index in [9.17, 15) is 14.7 Å². The second-order valence-corrected chi connectivity index (χ2v) is 8.13. The maximum absolute atomic E-state index is 12.3. The lowest BCUT2D eigenvalue weighted by atomic mass is 9.99. The zero-order valence-electron chi connectivity index (χ0n) is 15.9. The molecule has 0 aliphatic heterocycles. The van der Waals surface area contributed by atoms with Crippen molar-refractivity contribution in [3.05, 3.63) is 35.9 Å². The largest absolute Gasteiger partial charge is 0.444 e. The van der Waals surface area contributed by atoms with Crippen molar-refractivity contribution in [1.29, 1.82) is 0 Å². The van der Waals surface area contributed by atoms with Crippen LogP contribution < -0.4 is 10.6 Å². The van der Waals surface area contributed by atoms with E-state index in [4.69, 9.17) is 4.74 Å². The van der Waals surface area contributed by atoms with Gasteiger partial charge in [0.25, 0.3) is 5.91 Å². The molecule has 3 N–H and O–H groups in total. The number of alkyl carbamates (subject to hydrolysis) is 1. The van der Waals surface area contributed by atoms with Crippen molar-refractivity contribution in [2.75, 3.05) is 0 Å². The molecule has 1 rings (SSSR count). The summed E-state index contributed by atoms with van der Waals surface area (Å²) < 4.78 is 5.24. The highest BCUT2D eigenvalue weighted by atomic mass is 16.6. The standard InChI is InChI=1S/C19H30N2O4/c1-18(2,3)21-16(23)15(22)14(12-13-10-8-7-9-11-13)20-17(24)25-19(4,5)6/h7-11,14-15,22H,12H2,1-6H3,(H,20,24)(H,21,23)/t14-,15?/m0/s1. The number of nitrogens with one attached hydrogen (secondary N) is 2. The molecule has 0 saturated carbocycles. The van der Waals surface area contributed by atoms with Gasteiger partial charge in [-0.1, -0.05) is 30.3 Å². The SMILES string of the molecule is CC(C)(C)NC(=O)C(O)[C@H](Cc1ccccc1)NC(=O)OC(C)(C)C. The average Bonchev–Trinajstić information content (AvgIpc) is 2.43. The molecule has 1 aromatic carbocycles. The van der Waals surface area contributed by atoms with E-state index < -0.39 is 35.3 Å². The highest BCUT2D eigenvalue weighted by molar-refractivity contribution is 5.82. The van der Waals surface area contributed by atoms with Crippen LogP contribution in [-0.4, -0.2) is 40.4 Å². The Bertz CT molecular complexity index is 573. The van der Waals surface area contributed by atoms with E-state index in [1.54, 1.807) is 20.8 Å². The highest BCUT2D eigenvalue weighted by Crippen LogP contribution is 2.11. The molecule has 6 heteroatoms. The summed E-state index contributed by atoms with van der Waals surface area (Å²) in [6.45, 7) is 10.7. The smallest absolute Gasteiger partial charge is 0.407 e. The van der Waals surface area contributed by atoms with Crippen LogP contribution in [0, 0.1) is 0 Å². The molecular formula is C19H30N2O4. The fraction of sp³-hybridized carbons (Fsp3) is 0.579. The van der Waals surface area contributed by atoms with Gasteiger partial charge >= 0.3 is 6.09 Å². The summed E-state index contributed by atoms with van der Waals surface area (Å²) in [4.78, 5) is 24.4. The summed E-state index contributed by atoms with van der Waals surface area (Å²) in [5.74, 6) is -0.538. The highest BCUT2D eigenvalue weighted by Gasteiger charge is 2.31. The topological polar surface area (TPSA) is 87.7 Å². The third-order valence-corrected chi connectivity index (χ3v) is 3.15. The first-order valence-corrected chi connectivity index (χ1v) is 8.41. The first kappa shape index (κ1) is 21.0. The minimum atomic E-state index is -1.40. The third-order valence-electron chi connectivity index (χ3n) is 3.15. The van der Waals surface area contributed by atoms with Gasteiger partial charge in [-0.2, -0.15) is 0 Å². The quantitative estimate of drug-likeness (QED) is 0.761. The van der Waals surface area contributed by atoms with Gasteiger partial charge in [-0.05, 0) is 53.5 Å². The van der Waals surface area contributed by atoms with Gasteiger partial charge in [-0.15, -0.1) is 0 Å². The van der Waals surface area contributed by atoms with E-state index in [0.29, 0.717) is 6.42 Å². The molecule has 2 amide bonds. The molecule has 0 spiro atoms. The van der Waals surface area contributed by atoms with Crippen LogP contribution in [0.4, 0.5) is 4.79 Å². The second kappa shape index (κ2) is 8.34. The Hall–Kier alpha value is -2.08. The van der Waals surface area contributed by atoms with Gasteiger partial charge in [0.2, 0.25) is 0 Å². The van der Waals surface area contributed by atoms with Crippen LogP contribution in [0.3, 0.4) is 0 Å². The molecule has 25 heavy (non-hydrogen) atoms. The van der Waals surface area contributed by atoms with Gasteiger partial charge in [0, 0.05) is 5.54 Å². The van der Waals surface area contributed by atoms with Crippen molar-refractivity contribution in [2.45, 2.75) is 71.2 Å². The Balaban J connectivity index is 2.90. The van der Waals surface area contributed by atoms with Crippen molar-refractivity contribution >= 4 is 12.0 Å². The summed E-state index contributed by atoms with van der Waals surface area (Å²) in [5, 5.41) is 15.8. The Morgan fingerprint density at radius 2 is 1.64 bits per heavy atom. The number of benzene rings is 1. The molecule has 0 aliphatic rings. The van der Waals surface area contributed by atoms with E-state index >= 15 is 0 Å². The van der Waals surface area contributed by atoms with Crippen molar-refractivity contribution < 1.29 is 19.4 Å². The van der Waals surface area contributed by atoms with Gasteiger partial charge in [0.05, 0.1) is 6.04 Å². The Morgan fingerprint density at radius 3 is 2.12 bits per heavy atom. The Kier molecular flexibility index (Phi) is 6.99. The zero-order chi connectivity index (χ0) is 19.3. The van der Waals surface area contributed by atoms with Crippen LogP contribution in [0.2, 0.25) is 0 Å². The summed E-state index contributed by atoms with van der Waals surface area (Å²) >= 11 is 0. The van der Waals surface area contributed by atoms with Crippen molar-refractivity contribution in [3.63, 3.8) is 0 Å². The predicted octanol–water partition coefficient (Wildman–Crippen LogP) is 2.40. The number of hydrogen-bond acceptors (Lipinski definition) is 4. The Morgan fingerprint density at radius 1 is 1.08 bits per heavy atom. The van der Waals surface area contributed by atoms with Crippen LogP contribution in [0.5, 0.6) is 0 Å². The number of hydrogen-bond donors (Lipinski definition) is 3. The molecule has 0 aliphatic carbocycles. The maximum Gasteiger partial charge on any atom is 0.407 e. The first-order valence-electron chi connectivity index (χ1n) is 8.41. The molecule has 0 radical (unpaired) electrons. The van der Waals surface area contributed by atoms with E-state index in [-0.39, 0.29) is 0 Å². The molecule has 1 unspecified atom stereocenters. The van der Waals surface area contributed by atoms with Crippen LogP contribution in [-0.2, 0) is 16.0 Å². The second-order valence-electron chi connectivity index (χ2n) is 8.13. The molecule has 0 fully saturated rings. The molecule has 0 heterocycles. The summed E-state index contributed by atoms with van der Waals surface area (Å²) in [6.07, 6.45) is -1.76. The van der Waals surface area contributed by atoms with Gasteiger partial charge in [0.15, 0.2) is 6.10 Å². The summed E-state index contributed by atoms with van der Waals surface area (Å²) in [6, 6.07) is 8.54. The van der Waals surface area contributed by atoms with Crippen molar-refractivity contribution in [3.8, 4) is 0 Å². The number of aliphatic hydroxyl groups excluding tert-OH is 1. The third kappa shape index (κ3) is 8.54. The van der Waals surface area contributed by atoms with Gasteiger partial charge in [-0.3, -0.25) is 4.79 Å². The van der Waals surface area contributed by atoms with Crippen LogP contribution >= 0.6 is 0 Å². The van der Waals surface area contributed by atoms with E-state index in [0.717, 1.165) is 5.56 Å². The first-order chi connectivity index (χ1) is 11.4. The zero-order valence-corrected chi connectivity index (χ0v) is 15.9. The maximum atomic E-state index is 12.3. The molecule has 0 bridgehead atoms. The van der Waals surface area contributed by atoms with Crippen molar-refractivity contribution in [1.82, 2.24) is 10.6 Å². The molecular weight excluding hydrogens is 320 g/mol. The molecule has 2 atom stereocenters. The van der Waals surface area contributed by atoms with Gasteiger partial charge in [-0.25, -0.2) is 4.79 Å². The minimum absolute atomic E-state index is 0.304. The molecule has 6 nitrogen and oxygen atoms in total. The van der Waals surface area contributed by atoms with E-state index in [2.05, 4.69) is 10.6 Å². The average molecular weight is 350 g/mol. The van der Waals surface area contributed by atoms with Crippen LogP contribution in [0.15, 0.2) is 30.3 Å². The number of aliphatic hydroxyl groups is 1. The molecule has 140 valence electrons. The lowest BCUT2D eigenvalue weighted by molar-refractivity contribution is -0.132.